The first-order valence-corrected chi connectivity index (χ1v) is 8.75. The maximum absolute atomic E-state index is 12.5. The van der Waals surface area contributed by atoms with Crippen molar-refractivity contribution in [2.45, 2.75) is 13.5 Å². The second-order valence-corrected chi connectivity index (χ2v) is 6.22. The first-order valence-electron chi connectivity index (χ1n) is 8.37. The smallest absolute Gasteiger partial charge is 0.276 e. The highest BCUT2D eigenvalue weighted by Crippen LogP contribution is 2.23. The maximum Gasteiger partial charge on any atom is 0.276 e. The second-order valence-electron chi connectivity index (χ2n) is 5.81. The molecule has 0 bridgehead atoms. The first-order chi connectivity index (χ1) is 13.0. The maximum atomic E-state index is 12.5. The van der Waals surface area contributed by atoms with E-state index in [4.69, 9.17) is 16.3 Å². The molecular formula is C20H18ClN3O3. The van der Waals surface area contributed by atoms with E-state index in [1.807, 2.05) is 37.3 Å². The summed E-state index contributed by atoms with van der Waals surface area (Å²) in [5.41, 5.74) is 1.19. The summed E-state index contributed by atoms with van der Waals surface area (Å²) in [6, 6.07) is 17.2. The van der Waals surface area contributed by atoms with E-state index in [0.717, 1.165) is 5.56 Å². The van der Waals surface area contributed by atoms with Gasteiger partial charge in [-0.1, -0.05) is 35.9 Å². The molecule has 1 heterocycles. The van der Waals surface area contributed by atoms with Gasteiger partial charge in [0.2, 0.25) is 0 Å². The second kappa shape index (κ2) is 8.51. The van der Waals surface area contributed by atoms with Gasteiger partial charge in [-0.2, -0.15) is 5.10 Å². The minimum Gasteiger partial charge on any atom is -0.492 e. The van der Waals surface area contributed by atoms with Crippen LogP contribution in [0, 0.1) is 6.92 Å². The average Bonchev–Trinajstić information content (AvgIpc) is 2.67. The van der Waals surface area contributed by atoms with E-state index in [1.165, 1.54) is 16.8 Å². The number of para-hydroxylation sites is 1. The number of carbonyl (C=O) groups is 1. The van der Waals surface area contributed by atoms with Crippen LogP contribution in [0.4, 0.5) is 5.69 Å². The van der Waals surface area contributed by atoms with Gasteiger partial charge in [-0.3, -0.25) is 9.59 Å². The molecule has 0 radical (unpaired) electrons. The molecule has 0 unspecified atom stereocenters. The zero-order valence-corrected chi connectivity index (χ0v) is 15.4. The standard InChI is InChI=1S/C20H18ClN3O3/c1-14-16(21)8-5-9-17(14)22-20(26)18-10-11-19(25)24(23-18)12-13-27-15-6-3-2-4-7-15/h2-11H,12-13H2,1H3,(H,22,26). The molecule has 1 N–H and O–H groups in total. The Kier molecular flexibility index (Phi) is 5.88. The summed E-state index contributed by atoms with van der Waals surface area (Å²) < 4.78 is 6.79. The summed E-state index contributed by atoms with van der Waals surface area (Å²) in [7, 11) is 0. The summed E-state index contributed by atoms with van der Waals surface area (Å²) in [4.78, 5) is 24.5. The van der Waals surface area contributed by atoms with Crippen LogP contribution >= 0.6 is 11.6 Å². The van der Waals surface area contributed by atoms with Crippen LogP contribution in [0.15, 0.2) is 65.5 Å². The SMILES string of the molecule is Cc1c(Cl)cccc1NC(=O)c1ccc(=O)n(CCOc2ccccc2)n1. The van der Waals surface area contributed by atoms with Gasteiger partial charge in [-0.05, 0) is 42.8 Å². The van der Waals surface area contributed by atoms with E-state index < -0.39 is 5.91 Å². The molecule has 1 amide bonds. The number of hydrogen-bond acceptors (Lipinski definition) is 4. The molecule has 3 rings (SSSR count). The fourth-order valence-electron chi connectivity index (χ4n) is 2.43. The van der Waals surface area contributed by atoms with E-state index in [9.17, 15) is 9.59 Å². The highest BCUT2D eigenvalue weighted by atomic mass is 35.5. The molecule has 6 nitrogen and oxygen atoms in total. The van der Waals surface area contributed by atoms with Gasteiger partial charge in [0, 0.05) is 16.8 Å². The van der Waals surface area contributed by atoms with Gasteiger partial charge in [-0.25, -0.2) is 4.68 Å². The van der Waals surface area contributed by atoms with Crippen molar-refractivity contribution in [2.24, 2.45) is 0 Å². The normalized spacial score (nSPS) is 10.4. The molecule has 27 heavy (non-hydrogen) atoms. The molecule has 0 aliphatic heterocycles. The lowest BCUT2D eigenvalue weighted by Gasteiger charge is -2.11. The summed E-state index contributed by atoms with van der Waals surface area (Å²) >= 11 is 6.07. The topological polar surface area (TPSA) is 73.2 Å². The molecule has 0 fully saturated rings. The van der Waals surface area contributed by atoms with Gasteiger partial charge < -0.3 is 10.1 Å². The molecule has 0 atom stereocenters. The number of halogens is 1. The minimum atomic E-state index is -0.418. The van der Waals surface area contributed by atoms with Gasteiger partial charge in [0.05, 0.1) is 6.54 Å². The molecule has 0 aliphatic rings. The van der Waals surface area contributed by atoms with Crippen molar-refractivity contribution in [1.82, 2.24) is 9.78 Å². The number of benzene rings is 2. The highest BCUT2D eigenvalue weighted by Gasteiger charge is 2.12. The Bertz CT molecular complexity index is 1000. The molecule has 1 aromatic heterocycles. The third-order valence-corrected chi connectivity index (χ3v) is 4.34. The average molecular weight is 384 g/mol. The van der Waals surface area contributed by atoms with Crippen LogP contribution in [0.2, 0.25) is 5.02 Å². The lowest BCUT2D eigenvalue weighted by Crippen LogP contribution is -2.28. The Morgan fingerprint density at radius 1 is 1.11 bits per heavy atom. The van der Waals surface area contributed by atoms with Gasteiger partial charge in [0.15, 0.2) is 0 Å². The van der Waals surface area contributed by atoms with E-state index >= 15 is 0 Å². The van der Waals surface area contributed by atoms with Crippen LogP contribution < -0.4 is 15.6 Å². The predicted molar refractivity (Wildman–Crippen MR) is 105 cm³/mol. The molecule has 138 valence electrons. The van der Waals surface area contributed by atoms with E-state index in [2.05, 4.69) is 10.4 Å². The van der Waals surface area contributed by atoms with Gasteiger partial charge >= 0.3 is 0 Å². The Morgan fingerprint density at radius 3 is 2.67 bits per heavy atom. The number of nitrogens with zero attached hydrogens (tertiary/aromatic N) is 2. The Hall–Kier alpha value is -3.12. The van der Waals surface area contributed by atoms with Crippen LogP contribution in [-0.2, 0) is 6.54 Å². The van der Waals surface area contributed by atoms with Crippen molar-refractivity contribution in [3.63, 3.8) is 0 Å². The number of amides is 1. The first kappa shape index (κ1) is 18.7. The Morgan fingerprint density at radius 2 is 1.89 bits per heavy atom. The third kappa shape index (κ3) is 4.74. The summed E-state index contributed by atoms with van der Waals surface area (Å²) in [5, 5.41) is 7.45. The quantitative estimate of drug-likeness (QED) is 0.706. The molecule has 0 saturated carbocycles. The molecule has 7 heteroatoms. The molecule has 0 spiro atoms. The number of hydrogen-bond donors (Lipinski definition) is 1. The van der Waals surface area contributed by atoms with E-state index in [0.29, 0.717) is 16.5 Å². The minimum absolute atomic E-state index is 0.133. The largest absolute Gasteiger partial charge is 0.492 e. The zero-order chi connectivity index (χ0) is 19.2. The third-order valence-electron chi connectivity index (χ3n) is 3.93. The van der Waals surface area contributed by atoms with E-state index in [-0.39, 0.29) is 24.4 Å². The molecule has 3 aromatic rings. The molecule has 2 aromatic carbocycles. The van der Waals surface area contributed by atoms with Crippen molar-refractivity contribution in [3.05, 3.63) is 87.3 Å². The van der Waals surface area contributed by atoms with Gasteiger partial charge in [-0.15, -0.1) is 0 Å². The van der Waals surface area contributed by atoms with Crippen LogP contribution in [0.25, 0.3) is 0 Å². The highest BCUT2D eigenvalue weighted by molar-refractivity contribution is 6.31. The van der Waals surface area contributed by atoms with Crippen molar-refractivity contribution in [2.75, 3.05) is 11.9 Å². The zero-order valence-electron chi connectivity index (χ0n) is 14.7. The van der Waals surface area contributed by atoms with Crippen molar-refractivity contribution in [1.29, 1.82) is 0 Å². The number of nitrogens with one attached hydrogen (secondary N) is 1. The lowest BCUT2D eigenvalue weighted by atomic mass is 10.2. The van der Waals surface area contributed by atoms with Crippen molar-refractivity contribution < 1.29 is 9.53 Å². The molecule has 0 saturated heterocycles. The predicted octanol–water partition coefficient (Wildman–Crippen LogP) is 3.54. The monoisotopic (exact) mass is 383 g/mol. The summed E-state index contributed by atoms with van der Waals surface area (Å²) in [6.45, 7) is 2.30. The number of rotatable bonds is 6. The number of ether oxygens (including phenoxy) is 1. The fraction of sp³-hybridized carbons (Fsp3) is 0.150. The molecular weight excluding hydrogens is 366 g/mol. The Balaban J connectivity index is 1.69. The number of carbonyl (C=O) groups excluding carboxylic acids is 1. The summed E-state index contributed by atoms with van der Waals surface area (Å²) in [5.74, 6) is 0.286. The summed E-state index contributed by atoms with van der Waals surface area (Å²) in [6.07, 6.45) is 0. The number of aromatic nitrogens is 2. The van der Waals surface area contributed by atoms with Crippen LogP contribution in [0.5, 0.6) is 5.75 Å². The van der Waals surface area contributed by atoms with Crippen molar-refractivity contribution >= 4 is 23.2 Å². The van der Waals surface area contributed by atoms with Gasteiger partial charge in [0.1, 0.15) is 18.1 Å². The number of anilines is 1. The molecule has 0 aliphatic carbocycles. The van der Waals surface area contributed by atoms with E-state index in [1.54, 1.807) is 18.2 Å². The van der Waals surface area contributed by atoms with Gasteiger partial charge in [0.25, 0.3) is 11.5 Å². The lowest BCUT2D eigenvalue weighted by molar-refractivity contribution is 0.101. The Labute approximate surface area is 161 Å². The fourth-order valence-corrected chi connectivity index (χ4v) is 2.60. The van der Waals surface area contributed by atoms with Crippen LogP contribution in [0.1, 0.15) is 16.1 Å². The van der Waals surface area contributed by atoms with Crippen LogP contribution in [0.3, 0.4) is 0 Å². The van der Waals surface area contributed by atoms with Crippen molar-refractivity contribution in [3.8, 4) is 5.75 Å². The van der Waals surface area contributed by atoms with Crippen LogP contribution in [-0.4, -0.2) is 22.3 Å².